The van der Waals surface area contributed by atoms with Crippen LogP contribution < -0.4 is 8.43 Å². The van der Waals surface area contributed by atoms with Crippen molar-refractivity contribution in [2.75, 3.05) is 4.90 Å². The Balaban J connectivity index is 2.29. The molecule has 3 rings (SSSR count). The Morgan fingerprint density at radius 1 is 1.05 bits per heavy atom. The Morgan fingerprint density at radius 2 is 1.70 bits per heavy atom. The summed E-state index contributed by atoms with van der Waals surface area (Å²) in [5.74, 6) is 0.0248. The van der Waals surface area contributed by atoms with Crippen LogP contribution in [0.1, 0.15) is 15.9 Å². The highest BCUT2D eigenvalue weighted by molar-refractivity contribution is 14.1. The second-order valence-corrected chi connectivity index (χ2v) is 5.02. The van der Waals surface area contributed by atoms with Crippen molar-refractivity contribution < 1.29 is 9.59 Å². The molecule has 1 aliphatic rings. The van der Waals surface area contributed by atoms with Gasteiger partial charge in [0.1, 0.15) is 0 Å². The number of carbonyl (C=O) groups is 2. The number of amides is 2. The fourth-order valence-corrected chi connectivity index (χ4v) is 2.68. The van der Waals surface area contributed by atoms with Gasteiger partial charge in [-0.2, -0.15) is 0 Å². The maximum atomic E-state index is 12.4. The van der Waals surface area contributed by atoms with Crippen LogP contribution in [0.2, 0.25) is 0 Å². The summed E-state index contributed by atoms with van der Waals surface area (Å²) in [6.07, 6.45) is 0.304. The molecule has 5 heteroatoms. The summed E-state index contributed by atoms with van der Waals surface area (Å²) in [6.45, 7) is 0. The average Bonchev–Trinajstić information content (AvgIpc) is 2.61. The lowest BCUT2D eigenvalue weighted by molar-refractivity contribution is 0.0994. The predicted octanol–water partition coefficient (Wildman–Crippen LogP) is 3.62. The van der Waals surface area contributed by atoms with E-state index in [0.717, 1.165) is 11.3 Å². The number of hydrogen-bond donors (Lipinski definition) is 1. The molecule has 1 heterocycles. The minimum Gasteiger partial charge on any atom is -0.294 e. The number of hydrogen-bond acceptors (Lipinski definition) is 2. The van der Waals surface area contributed by atoms with E-state index in [1.807, 2.05) is 36.4 Å². The summed E-state index contributed by atoms with van der Waals surface area (Å²) >= 11 is 1.81. The first-order valence-corrected chi connectivity index (χ1v) is 7.21. The standard InChI is InChI=1S/C15H11IN2O2/c16-17-15(20)18-12-7-3-1-5-10(12)9-14(19)11-6-2-4-8-13(11)18/h1-8H,9H2,(H,17,20). The van der Waals surface area contributed by atoms with Crippen LogP contribution in [0.15, 0.2) is 48.5 Å². The molecule has 1 N–H and O–H groups in total. The fraction of sp³-hybridized carbons (Fsp3) is 0.0667. The van der Waals surface area contributed by atoms with Gasteiger partial charge in [-0.05, 0) is 23.8 Å². The Bertz CT molecular complexity index is 700. The Labute approximate surface area is 130 Å². The van der Waals surface area contributed by atoms with Gasteiger partial charge in [0, 0.05) is 12.0 Å². The zero-order valence-corrected chi connectivity index (χ0v) is 12.6. The Kier molecular flexibility index (Phi) is 3.43. The number of halogens is 1. The predicted molar refractivity (Wildman–Crippen MR) is 85.6 cm³/mol. The van der Waals surface area contributed by atoms with E-state index in [4.69, 9.17) is 0 Å². The number of rotatable bonds is 0. The number of fused-ring (bicyclic) bond motifs is 2. The number of urea groups is 1. The van der Waals surface area contributed by atoms with Crippen LogP contribution in [0.25, 0.3) is 0 Å². The molecule has 0 aliphatic carbocycles. The van der Waals surface area contributed by atoms with Crippen molar-refractivity contribution in [2.24, 2.45) is 0 Å². The van der Waals surface area contributed by atoms with E-state index in [2.05, 4.69) is 3.53 Å². The summed E-state index contributed by atoms with van der Waals surface area (Å²) < 4.78 is 2.60. The lowest BCUT2D eigenvalue weighted by Gasteiger charge is -2.23. The molecule has 0 radical (unpaired) electrons. The molecule has 0 fully saturated rings. The maximum Gasteiger partial charge on any atom is 0.335 e. The van der Waals surface area contributed by atoms with Crippen LogP contribution in [0.4, 0.5) is 16.2 Å². The molecule has 2 amide bonds. The van der Waals surface area contributed by atoms with E-state index in [1.54, 1.807) is 39.9 Å². The highest BCUT2D eigenvalue weighted by Crippen LogP contribution is 2.35. The van der Waals surface area contributed by atoms with Gasteiger partial charge in [0.2, 0.25) is 0 Å². The van der Waals surface area contributed by atoms with Crippen molar-refractivity contribution >= 4 is 46.1 Å². The molecule has 0 saturated heterocycles. The number of nitrogens with one attached hydrogen (secondary N) is 1. The van der Waals surface area contributed by atoms with Crippen molar-refractivity contribution in [1.29, 1.82) is 0 Å². The summed E-state index contributed by atoms with van der Waals surface area (Å²) in [5, 5.41) is 0. The molecule has 100 valence electrons. The number of benzene rings is 2. The lowest BCUT2D eigenvalue weighted by atomic mass is 10.0. The van der Waals surface area contributed by atoms with E-state index < -0.39 is 0 Å². The molecule has 20 heavy (non-hydrogen) atoms. The zero-order chi connectivity index (χ0) is 14.1. The van der Waals surface area contributed by atoms with E-state index in [-0.39, 0.29) is 11.8 Å². The van der Waals surface area contributed by atoms with E-state index >= 15 is 0 Å². The van der Waals surface area contributed by atoms with Crippen molar-refractivity contribution in [1.82, 2.24) is 3.53 Å². The SMILES string of the molecule is O=C1Cc2ccccc2N(C(=O)NI)c2ccccc21. The van der Waals surface area contributed by atoms with Gasteiger partial charge >= 0.3 is 6.03 Å². The number of carbonyl (C=O) groups excluding carboxylic acids is 2. The fourth-order valence-electron chi connectivity index (χ4n) is 2.44. The van der Waals surface area contributed by atoms with Crippen molar-refractivity contribution in [2.45, 2.75) is 6.42 Å². The van der Waals surface area contributed by atoms with Crippen LogP contribution in [-0.2, 0) is 6.42 Å². The summed E-state index contributed by atoms with van der Waals surface area (Å²) in [4.78, 5) is 26.2. The third-order valence-electron chi connectivity index (χ3n) is 3.31. The Hall–Kier alpha value is -1.89. The van der Waals surface area contributed by atoms with Crippen molar-refractivity contribution in [3.05, 3.63) is 59.7 Å². The number of para-hydroxylation sites is 2. The Morgan fingerprint density at radius 3 is 2.45 bits per heavy atom. The van der Waals surface area contributed by atoms with Crippen LogP contribution >= 0.6 is 22.9 Å². The average molecular weight is 378 g/mol. The van der Waals surface area contributed by atoms with Gasteiger partial charge in [-0.3, -0.25) is 13.2 Å². The van der Waals surface area contributed by atoms with E-state index in [9.17, 15) is 9.59 Å². The van der Waals surface area contributed by atoms with E-state index in [0.29, 0.717) is 17.7 Å². The zero-order valence-electron chi connectivity index (χ0n) is 10.5. The van der Waals surface area contributed by atoms with Crippen molar-refractivity contribution in [3.8, 4) is 0 Å². The molecule has 2 aromatic carbocycles. The minimum absolute atomic E-state index is 0.0248. The third kappa shape index (κ3) is 2.07. The number of anilines is 2. The largest absolute Gasteiger partial charge is 0.335 e. The van der Waals surface area contributed by atoms with Gasteiger partial charge < -0.3 is 0 Å². The first-order valence-electron chi connectivity index (χ1n) is 6.13. The molecule has 0 atom stereocenters. The molecular formula is C15H11IN2O2. The highest BCUT2D eigenvalue weighted by Gasteiger charge is 2.28. The summed E-state index contributed by atoms with van der Waals surface area (Å²) in [7, 11) is 0. The molecular weight excluding hydrogens is 367 g/mol. The van der Waals surface area contributed by atoms with Gasteiger partial charge in [-0.15, -0.1) is 0 Å². The first kappa shape index (κ1) is 13.1. The topological polar surface area (TPSA) is 49.4 Å². The van der Waals surface area contributed by atoms with Crippen LogP contribution in [0.3, 0.4) is 0 Å². The smallest absolute Gasteiger partial charge is 0.294 e. The molecule has 0 spiro atoms. The number of ketones is 1. The van der Waals surface area contributed by atoms with Gasteiger partial charge in [-0.1, -0.05) is 30.3 Å². The van der Waals surface area contributed by atoms with Crippen LogP contribution in [-0.4, -0.2) is 11.8 Å². The van der Waals surface area contributed by atoms with Crippen LogP contribution in [0, 0.1) is 0 Å². The van der Waals surface area contributed by atoms with Gasteiger partial charge in [0.15, 0.2) is 5.78 Å². The second-order valence-electron chi connectivity index (χ2n) is 4.48. The molecule has 0 aromatic heterocycles. The second kappa shape index (κ2) is 5.24. The molecule has 1 aliphatic heterocycles. The van der Waals surface area contributed by atoms with Gasteiger partial charge in [0.25, 0.3) is 0 Å². The quantitative estimate of drug-likeness (QED) is 0.562. The monoisotopic (exact) mass is 378 g/mol. The van der Waals surface area contributed by atoms with Crippen molar-refractivity contribution in [3.63, 3.8) is 0 Å². The third-order valence-corrected chi connectivity index (χ3v) is 3.77. The molecule has 0 saturated carbocycles. The van der Waals surface area contributed by atoms with Crippen LogP contribution in [0.5, 0.6) is 0 Å². The molecule has 2 aromatic rings. The normalized spacial score (nSPS) is 13.2. The molecule has 4 nitrogen and oxygen atoms in total. The number of nitrogens with zero attached hydrogens (tertiary/aromatic N) is 1. The maximum absolute atomic E-state index is 12.4. The summed E-state index contributed by atoms with van der Waals surface area (Å²) in [5.41, 5.74) is 2.80. The van der Waals surface area contributed by atoms with Gasteiger partial charge in [0.05, 0.1) is 34.2 Å². The number of Topliss-reactive ketones (excluding diaryl/α,β-unsaturated/α-hetero) is 1. The minimum atomic E-state index is -0.264. The molecule has 0 unspecified atom stereocenters. The first-order chi connectivity index (χ1) is 9.72. The van der Waals surface area contributed by atoms with E-state index in [1.165, 1.54) is 0 Å². The lowest BCUT2D eigenvalue weighted by Crippen LogP contribution is -2.32. The van der Waals surface area contributed by atoms with Gasteiger partial charge in [-0.25, -0.2) is 4.79 Å². The molecule has 0 bridgehead atoms. The summed E-state index contributed by atoms with van der Waals surface area (Å²) in [6, 6.07) is 14.4. The highest BCUT2D eigenvalue weighted by atomic mass is 127.